The van der Waals surface area contributed by atoms with Crippen LogP contribution in [0.15, 0.2) is 102 Å². The van der Waals surface area contributed by atoms with E-state index < -0.39 is 6.17 Å². The maximum atomic E-state index is 13.5. The number of nitrogens with two attached hydrogens (primary N) is 2. The number of rotatable bonds is 4. The second kappa shape index (κ2) is 8.84. The van der Waals surface area contributed by atoms with Gasteiger partial charge in [0.2, 0.25) is 0 Å². The van der Waals surface area contributed by atoms with Gasteiger partial charge in [0.25, 0.3) is 5.91 Å². The third-order valence-electron chi connectivity index (χ3n) is 5.84. The van der Waals surface area contributed by atoms with Gasteiger partial charge in [0.15, 0.2) is 6.17 Å². The molecule has 5 rings (SSSR count). The van der Waals surface area contributed by atoms with Crippen LogP contribution in [0.1, 0.15) is 11.1 Å². The third-order valence-corrected chi connectivity index (χ3v) is 5.84. The highest BCUT2D eigenvalue weighted by atomic mass is 16.2. The molecule has 0 radical (unpaired) electrons. The standard InChI is InChI=1S/C26H25N7O/c1-32-21-10-6-5-9-20(21)24(17-7-3-2-4-8-17)31-25(26(32)34)30-18-11-14-23(28)33(16-18)19-12-13-22(27)29-15-19/h2-16,23,25,30H,28H2,1H3,(H2,27,29). The monoisotopic (exact) mass is 451 g/mol. The Balaban J connectivity index is 1.53. The highest BCUT2D eigenvalue weighted by molar-refractivity contribution is 6.20. The Labute approximate surface area is 197 Å². The number of nitrogen functional groups attached to an aromatic ring is 1. The second-order valence-electron chi connectivity index (χ2n) is 8.09. The first kappa shape index (κ1) is 21.4. The van der Waals surface area contributed by atoms with Crippen LogP contribution in [-0.2, 0) is 4.79 Å². The minimum Gasteiger partial charge on any atom is -0.384 e. The Morgan fingerprint density at radius 1 is 1.00 bits per heavy atom. The van der Waals surface area contributed by atoms with Crippen LogP contribution >= 0.6 is 0 Å². The van der Waals surface area contributed by atoms with Gasteiger partial charge in [0.1, 0.15) is 12.0 Å². The molecule has 170 valence electrons. The van der Waals surface area contributed by atoms with E-state index in [0.29, 0.717) is 11.5 Å². The van der Waals surface area contributed by atoms with Crippen molar-refractivity contribution >= 4 is 28.8 Å². The number of amides is 1. The average Bonchev–Trinajstić information content (AvgIpc) is 2.97. The second-order valence-corrected chi connectivity index (χ2v) is 8.09. The molecule has 3 aromatic rings. The smallest absolute Gasteiger partial charge is 0.271 e. The molecule has 0 fully saturated rings. The molecule has 34 heavy (non-hydrogen) atoms. The minimum atomic E-state index is -0.829. The molecule has 2 aliphatic rings. The number of fused-ring (bicyclic) bond motifs is 1. The molecule has 2 aromatic carbocycles. The molecular weight excluding hydrogens is 426 g/mol. The molecule has 2 unspecified atom stereocenters. The summed E-state index contributed by atoms with van der Waals surface area (Å²) in [7, 11) is 1.77. The Morgan fingerprint density at radius 3 is 2.53 bits per heavy atom. The number of aliphatic imine (C=N–C) groups is 1. The number of benzodiazepines with no additional fused rings is 1. The molecule has 1 amide bonds. The summed E-state index contributed by atoms with van der Waals surface area (Å²) in [5.74, 6) is 0.268. The summed E-state index contributed by atoms with van der Waals surface area (Å²) in [6, 6.07) is 21.2. The molecule has 8 heteroatoms. The number of para-hydroxylation sites is 1. The van der Waals surface area contributed by atoms with Crippen molar-refractivity contribution in [1.82, 2.24) is 10.3 Å². The van der Waals surface area contributed by atoms with Crippen LogP contribution in [0.5, 0.6) is 0 Å². The Morgan fingerprint density at radius 2 is 1.76 bits per heavy atom. The van der Waals surface area contributed by atoms with Crippen LogP contribution in [0.3, 0.4) is 0 Å². The van der Waals surface area contributed by atoms with Crippen LogP contribution in [0.2, 0.25) is 0 Å². The van der Waals surface area contributed by atoms with E-state index >= 15 is 0 Å². The highest BCUT2D eigenvalue weighted by Gasteiger charge is 2.30. The third kappa shape index (κ3) is 4.02. The molecule has 0 bridgehead atoms. The number of allylic oxidation sites excluding steroid dienone is 1. The van der Waals surface area contributed by atoms with Crippen molar-refractivity contribution in [3.63, 3.8) is 0 Å². The van der Waals surface area contributed by atoms with Gasteiger partial charge in [-0.25, -0.2) is 9.98 Å². The normalized spacial score (nSPS) is 19.8. The van der Waals surface area contributed by atoms with Gasteiger partial charge in [0.05, 0.1) is 29.0 Å². The minimum absolute atomic E-state index is 0.164. The van der Waals surface area contributed by atoms with Gasteiger partial charge >= 0.3 is 0 Å². The quantitative estimate of drug-likeness (QED) is 0.562. The SMILES string of the molecule is CN1C(=O)C(NC2=CN(c3ccc(N)nc3)C(N)C=C2)N=C(c2ccccc2)c2ccccc21. The van der Waals surface area contributed by atoms with Gasteiger partial charge in [-0.3, -0.25) is 4.79 Å². The van der Waals surface area contributed by atoms with Crippen molar-refractivity contribution in [2.24, 2.45) is 10.7 Å². The maximum Gasteiger partial charge on any atom is 0.271 e. The lowest BCUT2D eigenvalue weighted by Crippen LogP contribution is -2.45. The number of aromatic nitrogens is 1. The summed E-state index contributed by atoms with van der Waals surface area (Å²) in [5, 5.41) is 3.30. The number of benzene rings is 2. The van der Waals surface area contributed by atoms with E-state index in [2.05, 4.69) is 10.3 Å². The van der Waals surface area contributed by atoms with Crippen LogP contribution in [0.4, 0.5) is 17.2 Å². The lowest BCUT2D eigenvalue weighted by molar-refractivity contribution is -0.119. The fourth-order valence-electron chi connectivity index (χ4n) is 4.06. The van der Waals surface area contributed by atoms with E-state index in [9.17, 15) is 4.79 Å². The Kier molecular flexibility index (Phi) is 5.57. The average molecular weight is 452 g/mol. The van der Waals surface area contributed by atoms with E-state index in [-0.39, 0.29) is 12.1 Å². The summed E-state index contributed by atoms with van der Waals surface area (Å²) in [6.45, 7) is 0. The molecule has 0 spiro atoms. The highest BCUT2D eigenvalue weighted by Crippen LogP contribution is 2.28. The van der Waals surface area contributed by atoms with E-state index in [4.69, 9.17) is 16.5 Å². The first-order valence-electron chi connectivity index (χ1n) is 10.9. The van der Waals surface area contributed by atoms with E-state index in [1.807, 2.05) is 83.9 Å². The molecule has 0 aliphatic carbocycles. The van der Waals surface area contributed by atoms with Gasteiger partial charge in [-0.15, -0.1) is 0 Å². The van der Waals surface area contributed by atoms with Crippen LogP contribution in [-0.4, -0.2) is 36.0 Å². The largest absolute Gasteiger partial charge is 0.384 e. The summed E-state index contributed by atoms with van der Waals surface area (Å²) in [6.07, 6.45) is 6.01. The molecule has 5 N–H and O–H groups in total. The Bertz CT molecular complexity index is 1300. The van der Waals surface area contributed by atoms with Crippen molar-refractivity contribution in [1.29, 1.82) is 0 Å². The number of hydrogen-bond acceptors (Lipinski definition) is 7. The first-order chi connectivity index (χ1) is 16.5. The zero-order valence-electron chi connectivity index (χ0n) is 18.7. The maximum absolute atomic E-state index is 13.5. The Hall–Kier alpha value is -4.43. The molecule has 0 saturated heterocycles. The molecule has 2 aliphatic heterocycles. The van der Waals surface area contributed by atoms with Crippen LogP contribution in [0.25, 0.3) is 0 Å². The lowest BCUT2D eigenvalue weighted by Gasteiger charge is -2.30. The number of likely N-dealkylation sites (N-methyl/N-ethyl adjacent to an activating group) is 1. The predicted molar refractivity (Wildman–Crippen MR) is 135 cm³/mol. The number of nitrogens with one attached hydrogen (secondary N) is 1. The van der Waals surface area contributed by atoms with E-state index in [0.717, 1.165) is 28.2 Å². The van der Waals surface area contributed by atoms with Gasteiger partial charge in [0, 0.05) is 24.4 Å². The molecule has 1 aromatic heterocycles. The number of hydrogen-bond donors (Lipinski definition) is 3. The van der Waals surface area contributed by atoms with Crippen molar-refractivity contribution < 1.29 is 4.79 Å². The molecule has 0 saturated carbocycles. The lowest BCUT2D eigenvalue weighted by atomic mass is 10.0. The molecule has 2 atom stereocenters. The van der Waals surface area contributed by atoms with Crippen molar-refractivity contribution in [2.45, 2.75) is 12.3 Å². The molecule has 3 heterocycles. The number of nitrogens with zero attached hydrogens (tertiary/aromatic N) is 4. The van der Waals surface area contributed by atoms with E-state index in [1.54, 1.807) is 24.2 Å². The molecular formula is C26H25N7O. The van der Waals surface area contributed by atoms with Gasteiger partial charge in [-0.05, 0) is 30.4 Å². The number of carbonyl (C=O) groups is 1. The predicted octanol–water partition coefficient (Wildman–Crippen LogP) is 2.60. The van der Waals surface area contributed by atoms with Crippen LogP contribution < -0.4 is 26.6 Å². The topological polar surface area (TPSA) is 113 Å². The molecule has 8 nitrogen and oxygen atoms in total. The zero-order valence-corrected chi connectivity index (χ0v) is 18.7. The number of anilines is 3. The van der Waals surface area contributed by atoms with Gasteiger partial charge < -0.3 is 26.6 Å². The summed E-state index contributed by atoms with van der Waals surface area (Å²) >= 11 is 0. The summed E-state index contributed by atoms with van der Waals surface area (Å²) < 4.78 is 0. The number of carbonyl (C=O) groups excluding carboxylic acids is 1. The first-order valence-corrected chi connectivity index (χ1v) is 10.9. The number of pyridine rings is 1. The fourth-order valence-corrected chi connectivity index (χ4v) is 4.06. The summed E-state index contributed by atoms with van der Waals surface area (Å²) in [4.78, 5) is 26.0. The van der Waals surface area contributed by atoms with Crippen molar-refractivity contribution in [3.8, 4) is 0 Å². The van der Waals surface area contributed by atoms with Crippen molar-refractivity contribution in [2.75, 3.05) is 22.6 Å². The zero-order chi connectivity index (χ0) is 23.7. The van der Waals surface area contributed by atoms with E-state index in [1.165, 1.54) is 0 Å². The van der Waals surface area contributed by atoms with Gasteiger partial charge in [-0.1, -0.05) is 48.5 Å². The fraction of sp³-hybridized carbons (Fsp3) is 0.115. The van der Waals surface area contributed by atoms with Crippen molar-refractivity contribution in [3.05, 3.63) is 108 Å². The van der Waals surface area contributed by atoms with Crippen LogP contribution in [0, 0.1) is 0 Å². The summed E-state index contributed by atoms with van der Waals surface area (Å²) in [5.41, 5.74) is 16.9. The van der Waals surface area contributed by atoms with Gasteiger partial charge in [-0.2, -0.15) is 0 Å².